The zero-order chi connectivity index (χ0) is 6.04. The third kappa shape index (κ3) is 2.09. The van der Waals surface area contributed by atoms with E-state index in [2.05, 4.69) is 0 Å². The lowest BCUT2D eigenvalue weighted by Crippen LogP contribution is -2.25. The van der Waals surface area contributed by atoms with E-state index in [9.17, 15) is 0 Å². The fourth-order valence-corrected chi connectivity index (χ4v) is 7.69. The van der Waals surface area contributed by atoms with Crippen LogP contribution >= 0.6 is 22.2 Å². The molecule has 0 amide bonds. The Morgan fingerprint density at radius 1 is 1.38 bits per heavy atom. The van der Waals surface area contributed by atoms with Crippen molar-refractivity contribution in [1.82, 2.24) is 0 Å². The zero-order valence-corrected chi connectivity index (χ0v) is 8.10. The molecular weight excluding hydrogens is 175 g/mol. The molecule has 1 saturated heterocycles. The van der Waals surface area contributed by atoms with E-state index in [1.165, 1.54) is 12.5 Å². The lowest BCUT2D eigenvalue weighted by Gasteiger charge is -2.20. The maximum absolute atomic E-state index is 5.98. The lowest BCUT2D eigenvalue weighted by atomic mass is 10.6. The Balaban J connectivity index is 2.33. The molecule has 1 aliphatic heterocycles. The largest absolute Gasteiger partial charge is 0.248 e. The zero-order valence-electron chi connectivity index (χ0n) is 4.58. The molecule has 0 bridgehead atoms. The van der Waals surface area contributed by atoms with Gasteiger partial charge in [0.05, 0.1) is 0 Å². The molecule has 0 aromatic heterocycles. The van der Waals surface area contributed by atoms with E-state index >= 15 is 0 Å². The first-order valence-corrected chi connectivity index (χ1v) is 8.64. The summed E-state index contributed by atoms with van der Waals surface area (Å²) < 4.78 is 0. The van der Waals surface area contributed by atoms with Crippen molar-refractivity contribution in [2.75, 3.05) is 0 Å². The molecule has 4 heteroatoms. The van der Waals surface area contributed by atoms with Gasteiger partial charge in [0.2, 0.25) is 6.69 Å². The molecule has 8 heavy (non-hydrogen) atoms. The average molecular weight is 183 g/mol. The predicted octanol–water partition coefficient (Wildman–Crippen LogP) is 2.39. The van der Waals surface area contributed by atoms with E-state index in [0.717, 1.165) is 21.2 Å². The van der Waals surface area contributed by atoms with Gasteiger partial charge in [-0.05, 0) is 11.7 Å². The molecule has 0 atom stereocenters. The molecule has 1 rings (SSSR count). The van der Waals surface area contributed by atoms with E-state index < -0.39 is 6.69 Å². The minimum Gasteiger partial charge on any atom is -0.146 e. The summed E-state index contributed by atoms with van der Waals surface area (Å²) in [6.07, 6.45) is 1.28. The van der Waals surface area contributed by atoms with Gasteiger partial charge in [-0.3, -0.25) is 0 Å². The second-order valence-corrected chi connectivity index (χ2v) is 11.7. The molecule has 2 radical (unpaired) electrons. The summed E-state index contributed by atoms with van der Waals surface area (Å²) in [6, 6.07) is 2.50. The Kier molecular flexibility index (Phi) is 2.43. The van der Waals surface area contributed by atoms with Gasteiger partial charge in [-0.1, -0.05) is 12.5 Å². The monoisotopic (exact) mass is 182 g/mol. The number of hydrogen-bond acceptors (Lipinski definition) is 0. The van der Waals surface area contributed by atoms with Gasteiger partial charge in [-0.25, -0.2) is 0 Å². The summed E-state index contributed by atoms with van der Waals surface area (Å²) in [5.74, 6) is 0. The van der Waals surface area contributed by atoms with Gasteiger partial charge in [0, 0.05) is 9.52 Å². The Bertz CT molecular complexity index is 76.1. The first-order chi connectivity index (χ1) is 3.71. The Morgan fingerprint density at radius 3 is 2.38 bits per heavy atom. The van der Waals surface area contributed by atoms with Gasteiger partial charge in [-0.15, -0.1) is 22.2 Å². The first kappa shape index (κ1) is 7.12. The highest BCUT2D eigenvalue weighted by Crippen LogP contribution is 2.31. The predicted molar refractivity (Wildman–Crippen MR) is 42.3 cm³/mol. The highest BCUT2D eigenvalue weighted by Gasteiger charge is 2.29. The minimum atomic E-state index is -1.63. The van der Waals surface area contributed by atoms with Gasteiger partial charge < -0.3 is 0 Å². The Labute approximate surface area is 62.8 Å². The van der Waals surface area contributed by atoms with E-state index in [1.807, 2.05) is 0 Å². The van der Waals surface area contributed by atoms with E-state index in [0.29, 0.717) is 0 Å². The maximum atomic E-state index is 5.98. The third-order valence-corrected chi connectivity index (χ3v) is 9.68. The topological polar surface area (TPSA) is 0 Å². The SMILES string of the molecule is Cl[Si]1(Cl)CCC[Si]C1. The summed E-state index contributed by atoms with van der Waals surface area (Å²) in [5.41, 5.74) is 1.15. The number of hydrogen-bond donors (Lipinski definition) is 0. The van der Waals surface area contributed by atoms with Crippen LogP contribution in [0.5, 0.6) is 0 Å². The van der Waals surface area contributed by atoms with Crippen LogP contribution in [0.2, 0.25) is 17.8 Å². The highest BCUT2D eigenvalue weighted by molar-refractivity contribution is 7.46. The summed E-state index contributed by atoms with van der Waals surface area (Å²) in [4.78, 5) is 0. The minimum absolute atomic E-state index is 1.05. The average Bonchev–Trinajstić information content (AvgIpc) is 1.65. The van der Waals surface area contributed by atoms with E-state index in [4.69, 9.17) is 22.2 Å². The highest BCUT2D eigenvalue weighted by atomic mass is 35.7. The van der Waals surface area contributed by atoms with Crippen LogP contribution in [0.4, 0.5) is 0 Å². The second kappa shape index (κ2) is 2.73. The van der Waals surface area contributed by atoms with Crippen molar-refractivity contribution in [2.24, 2.45) is 0 Å². The molecule has 46 valence electrons. The van der Waals surface area contributed by atoms with Gasteiger partial charge in [0.15, 0.2) is 0 Å². The molecular formula is C4H8Cl2Si2. The summed E-state index contributed by atoms with van der Waals surface area (Å²) in [6.45, 7) is -1.63. The third-order valence-electron chi connectivity index (χ3n) is 1.28. The molecule has 0 saturated carbocycles. The molecule has 0 aliphatic carbocycles. The molecule has 0 nitrogen and oxygen atoms in total. The summed E-state index contributed by atoms with van der Waals surface area (Å²) in [7, 11) is 1.05. The van der Waals surface area contributed by atoms with Crippen LogP contribution in [0.3, 0.4) is 0 Å². The van der Waals surface area contributed by atoms with Crippen LogP contribution in [0.25, 0.3) is 0 Å². The van der Waals surface area contributed by atoms with Crippen LogP contribution in [0.1, 0.15) is 6.42 Å². The van der Waals surface area contributed by atoms with Crippen LogP contribution in [0, 0.1) is 0 Å². The van der Waals surface area contributed by atoms with Crippen LogP contribution in [-0.2, 0) is 0 Å². The Hall–Kier alpha value is 1.01. The van der Waals surface area contributed by atoms with E-state index in [-0.39, 0.29) is 0 Å². The summed E-state index contributed by atoms with van der Waals surface area (Å²) in [5, 5.41) is 0. The standard InChI is InChI=1S/C4H8Cl2Si2/c5-8(6)3-1-2-7-4-8/h1-4H2. The maximum Gasteiger partial charge on any atom is 0.248 e. The smallest absolute Gasteiger partial charge is 0.146 e. The molecule has 1 aliphatic rings. The van der Waals surface area contributed by atoms with Crippen molar-refractivity contribution in [3.05, 3.63) is 0 Å². The van der Waals surface area contributed by atoms with Gasteiger partial charge in [-0.2, -0.15) is 0 Å². The lowest BCUT2D eigenvalue weighted by molar-refractivity contribution is 1.03. The second-order valence-electron chi connectivity index (χ2n) is 2.14. The van der Waals surface area contributed by atoms with Gasteiger partial charge in [0.1, 0.15) is 0 Å². The molecule has 0 spiro atoms. The van der Waals surface area contributed by atoms with Crippen molar-refractivity contribution in [3.8, 4) is 0 Å². The first-order valence-electron chi connectivity index (χ1n) is 2.79. The molecule has 0 N–H and O–H groups in total. The number of halogens is 2. The molecule has 0 unspecified atom stereocenters. The van der Waals surface area contributed by atoms with Crippen LogP contribution in [-0.4, -0.2) is 16.2 Å². The quantitative estimate of drug-likeness (QED) is 0.399. The van der Waals surface area contributed by atoms with Gasteiger partial charge in [0.25, 0.3) is 0 Å². The fraction of sp³-hybridized carbons (Fsp3) is 1.00. The van der Waals surface area contributed by atoms with Crippen molar-refractivity contribution in [3.63, 3.8) is 0 Å². The fourth-order valence-electron chi connectivity index (χ4n) is 0.832. The van der Waals surface area contributed by atoms with Crippen molar-refractivity contribution >= 4 is 38.4 Å². The van der Waals surface area contributed by atoms with Crippen molar-refractivity contribution in [1.29, 1.82) is 0 Å². The number of rotatable bonds is 0. The van der Waals surface area contributed by atoms with Crippen LogP contribution < -0.4 is 0 Å². The molecule has 0 aromatic carbocycles. The summed E-state index contributed by atoms with van der Waals surface area (Å²) >= 11 is 12.0. The van der Waals surface area contributed by atoms with Crippen LogP contribution in [0.15, 0.2) is 0 Å². The normalized spacial score (nSPS) is 27.8. The molecule has 0 aromatic rings. The van der Waals surface area contributed by atoms with Crippen molar-refractivity contribution in [2.45, 2.75) is 24.2 Å². The molecule has 1 heterocycles. The Morgan fingerprint density at radius 2 is 2.12 bits per heavy atom. The molecule has 1 fully saturated rings. The van der Waals surface area contributed by atoms with Gasteiger partial charge >= 0.3 is 0 Å². The van der Waals surface area contributed by atoms with Crippen molar-refractivity contribution < 1.29 is 0 Å². The van der Waals surface area contributed by atoms with E-state index in [1.54, 1.807) is 0 Å².